The third-order valence-corrected chi connectivity index (χ3v) is 7.36. The second-order valence-electron chi connectivity index (χ2n) is 8.32. The van der Waals surface area contributed by atoms with Crippen LogP contribution in [0.5, 0.6) is 0 Å². The molecule has 158 valence electrons. The number of anilines is 1. The molecule has 1 aromatic carbocycles. The number of nitrogens with zero attached hydrogens (tertiary/aromatic N) is 4. The number of benzene rings is 1. The molecular formula is C24H30N4OS. The van der Waals surface area contributed by atoms with E-state index < -0.39 is 0 Å². The summed E-state index contributed by atoms with van der Waals surface area (Å²) in [5, 5.41) is 3.35. The van der Waals surface area contributed by atoms with E-state index in [4.69, 9.17) is 14.7 Å². The molecule has 2 fully saturated rings. The maximum Gasteiger partial charge on any atom is 0.226 e. The number of ether oxygens (including phenoxy) is 1. The van der Waals surface area contributed by atoms with Gasteiger partial charge in [-0.25, -0.2) is 9.97 Å². The minimum Gasteiger partial charge on any atom is -0.363 e. The summed E-state index contributed by atoms with van der Waals surface area (Å²) in [5.41, 5.74) is 2.45. The fourth-order valence-corrected chi connectivity index (χ4v) is 5.81. The quantitative estimate of drug-likeness (QED) is 0.557. The molecule has 0 amide bonds. The van der Waals surface area contributed by atoms with Crippen LogP contribution >= 0.6 is 11.3 Å². The molecule has 6 heteroatoms. The normalized spacial score (nSPS) is 19.6. The summed E-state index contributed by atoms with van der Waals surface area (Å²) in [6, 6.07) is 10.5. The number of likely N-dealkylation sites (tertiary alicyclic amines) is 1. The van der Waals surface area contributed by atoms with E-state index in [9.17, 15) is 0 Å². The number of rotatable bonds is 6. The molecule has 0 aliphatic carbocycles. The van der Waals surface area contributed by atoms with Crippen LogP contribution in [0.1, 0.15) is 32.6 Å². The Bertz CT molecular complexity index is 962. The van der Waals surface area contributed by atoms with Crippen molar-refractivity contribution in [3.8, 4) is 11.1 Å². The number of fused-ring (bicyclic) bond motifs is 1. The molecule has 1 unspecified atom stereocenters. The molecule has 2 aromatic heterocycles. The van der Waals surface area contributed by atoms with Crippen molar-refractivity contribution in [3.05, 3.63) is 41.9 Å². The van der Waals surface area contributed by atoms with Gasteiger partial charge in [0.1, 0.15) is 11.1 Å². The van der Waals surface area contributed by atoms with Crippen LogP contribution < -0.4 is 4.90 Å². The molecule has 0 saturated carbocycles. The summed E-state index contributed by atoms with van der Waals surface area (Å²) < 4.78 is 6.19. The molecule has 0 bridgehead atoms. The number of hydrogen-bond acceptors (Lipinski definition) is 6. The molecule has 2 aliphatic rings. The Balaban J connectivity index is 1.29. The Kier molecular flexibility index (Phi) is 5.97. The zero-order valence-corrected chi connectivity index (χ0v) is 18.5. The molecule has 2 aliphatic heterocycles. The standard InChI is InChI=1S/C24H30N4OS/c1-2-29-23(27-12-6-7-13-27)19-10-14-28(15-11-19)24-25-16-20-21(17-30-22(20)26-24)18-8-4-3-5-9-18/h3-5,8-9,16-17,19,23H,2,6-7,10-15H2,1H3. The minimum atomic E-state index is 0.286. The Morgan fingerprint density at radius 2 is 1.87 bits per heavy atom. The first-order valence-corrected chi connectivity index (χ1v) is 12.1. The van der Waals surface area contributed by atoms with Crippen molar-refractivity contribution in [2.24, 2.45) is 5.92 Å². The van der Waals surface area contributed by atoms with Crippen LogP contribution in [0.25, 0.3) is 21.3 Å². The van der Waals surface area contributed by atoms with Crippen LogP contribution in [0.4, 0.5) is 5.95 Å². The highest BCUT2D eigenvalue weighted by molar-refractivity contribution is 7.17. The van der Waals surface area contributed by atoms with Crippen molar-refractivity contribution in [3.63, 3.8) is 0 Å². The summed E-state index contributed by atoms with van der Waals surface area (Å²) in [4.78, 5) is 15.7. The van der Waals surface area contributed by atoms with Crippen molar-refractivity contribution in [1.29, 1.82) is 0 Å². The highest BCUT2D eigenvalue weighted by atomic mass is 32.1. The lowest BCUT2D eigenvalue weighted by atomic mass is 9.94. The molecule has 2 saturated heterocycles. The fraction of sp³-hybridized carbons (Fsp3) is 0.500. The van der Waals surface area contributed by atoms with E-state index in [0.717, 1.165) is 48.7 Å². The monoisotopic (exact) mass is 422 g/mol. The van der Waals surface area contributed by atoms with Gasteiger partial charge in [0.15, 0.2) is 0 Å². The van der Waals surface area contributed by atoms with Gasteiger partial charge in [0.2, 0.25) is 5.95 Å². The fourth-order valence-electron chi connectivity index (χ4n) is 4.89. The zero-order valence-electron chi connectivity index (χ0n) is 17.7. The van der Waals surface area contributed by atoms with E-state index in [1.54, 1.807) is 11.3 Å². The Hall–Kier alpha value is -2.02. The number of piperidine rings is 1. The average molecular weight is 423 g/mol. The second kappa shape index (κ2) is 9.00. The van der Waals surface area contributed by atoms with Crippen molar-refractivity contribution in [2.45, 2.75) is 38.8 Å². The molecule has 0 spiro atoms. The molecular weight excluding hydrogens is 392 g/mol. The Morgan fingerprint density at radius 3 is 2.60 bits per heavy atom. The lowest BCUT2D eigenvalue weighted by Crippen LogP contribution is -2.46. The third-order valence-electron chi connectivity index (χ3n) is 6.47. The van der Waals surface area contributed by atoms with Crippen molar-refractivity contribution < 1.29 is 4.74 Å². The van der Waals surface area contributed by atoms with Gasteiger partial charge in [-0.2, -0.15) is 0 Å². The Morgan fingerprint density at radius 1 is 1.10 bits per heavy atom. The van der Waals surface area contributed by atoms with Crippen molar-refractivity contribution >= 4 is 27.5 Å². The van der Waals surface area contributed by atoms with Gasteiger partial charge in [0.05, 0.1) is 0 Å². The summed E-state index contributed by atoms with van der Waals surface area (Å²) in [6.45, 7) is 7.30. The van der Waals surface area contributed by atoms with Gasteiger partial charge in [-0.05, 0) is 38.2 Å². The zero-order chi connectivity index (χ0) is 20.3. The number of hydrogen-bond donors (Lipinski definition) is 0. The molecule has 30 heavy (non-hydrogen) atoms. The van der Waals surface area contributed by atoms with Gasteiger partial charge in [-0.15, -0.1) is 11.3 Å². The first-order chi connectivity index (χ1) is 14.8. The minimum absolute atomic E-state index is 0.286. The van der Waals surface area contributed by atoms with Gasteiger partial charge in [-0.3, -0.25) is 4.90 Å². The number of aromatic nitrogens is 2. The summed E-state index contributed by atoms with van der Waals surface area (Å²) in [7, 11) is 0. The van der Waals surface area contributed by atoms with Gasteiger partial charge in [0.25, 0.3) is 0 Å². The largest absolute Gasteiger partial charge is 0.363 e. The number of thiophene rings is 1. The average Bonchev–Trinajstić information content (AvgIpc) is 3.48. The predicted octanol–water partition coefficient (Wildman–Crippen LogP) is 5.03. The van der Waals surface area contributed by atoms with E-state index in [-0.39, 0.29) is 6.23 Å². The van der Waals surface area contributed by atoms with Crippen LogP contribution in [-0.4, -0.2) is 53.9 Å². The van der Waals surface area contributed by atoms with Crippen LogP contribution in [-0.2, 0) is 4.74 Å². The maximum atomic E-state index is 6.19. The second-order valence-corrected chi connectivity index (χ2v) is 9.18. The Labute approximate surface area is 182 Å². The van der Waals surface area contributed by atoms with Crippen molar-refractivity contribution in [2.75, 3.05) is 37.7 Å². The smallest absolute Gasteiger partial charge is 0.226 e. The van der Waals surface area contributed by atoms with Crippen LogP contribution in [0.3, 0.4) is 0 Å². The van der Waals surface area contributed by atoms with Gasteiger partial charge in [0, 0.05) is 61.2 Å². The molecule has 4 heterocycles. The lowest BCUT2D eigenvalue weighted by molar-refractivity contribution is -0.0858. The van der Waals surface area contributed by atoms with E-state index in [0.29, 0.717) is 5.92 Å². The van der Waals surface area contributed by atoms with E-state index in [1.165, 1.54) is 37.1 Å². The maximum absolute atomic E-state index is 6.19. The first kappa shape index (κ1) is 19.9. The molecule has 1 atom stereocenters. The van der Waals surface area contributed by atoms with Gasteiger partial charge in [-0.1, -0.05) is 30.3 Å². The van der Waals surface area contributed by atoms with E-state index in [1.807, 2.05) is 6.20 Å². The van der Waals surface area contributed by atoms with E-state index in [2.05, 4.69) is 52.4 Å². The topological polar surface area (TPSA) is 41.5 Å². The highest BCUT2D eigenvalue weighted by Crippen LogP contribution is 2.34. The first-order valence-electron chi connectivity index (χ1n) is 11.2. The third kappa shape index (κ3) is 3.96. The molecule has 3 aromatic rings. The lowest BCUT2D eigenvalue weighted by Gasteiger charge is -2.39. The SMILES string of the molecule is CCOC(C1CCN(c2ncc3c(-c4ccccc4)csc3n2)CC1)N1CCCC1. The van der Waals surface area contributed by atoms with Crippen LogP contribution in [0.15, 0.2) is 41.9 Å². The summed E-state index contributed by atoms with van der Waals surface area (Å²) in [6.07, 6.45) is 7.19. The molecule has 5 nitrogen and oxygen atoms in total. The summed E-state index contributed by atoms with van der Waals surface area (Å²) in [5.74, 6) is 1.48. The highest BCUT2D eigenvalue weighted by Gasteiger charge is 2.33. The van der Waals surface area contributed by atoms with Gasteiger partial charge < -0.3 is 9.64 Å². The van der Waals surface area contributed by atoms with Gasteiger partial charge >= 0.3 is 0 Å². The molecule has 0 radical (unpaired) electrons. The van der Waals surface area contributed by atoms with E-state index >= 15 is 0 Å². The molecule has 0 N–H and O–H groups in total. The summed E-state index contributed by atoms with van der Waals surface area (Å²) >= 11 is 1.71. The van der Waals surface area contributed by atoms with Crippen LogP contribution in [0, 0.1) is 5.92 Å². The van der Waals surface area contributed by atoms with Crippen molar-refractivity contribution in [1.82, 2.24) is 14.9 Å². The van der Waals surface area contributed by atoms with Crippen LogP contribution in [0.2, 0.25) is 0 Å². The molecule has 5 rings (SSSR count). The predicted molar refractivity (Wildman–Crippen MR) is 124 cm³/mol.